The molecule has 0 aliphatic heterocycles. The zero-order valence-electron chi connectivity index (χ0n) is 11.5. The number of amides is 1. The first-order valence-electron chi connectivity index (χ1n) is 6.49. The Morgan fingerprint density at radius 3 is 2.87 bits per heavy atom. The van der Waals surface area contributed by atoms with Gasteiger partial charge in [0.15, 0.2) is 0 Å². The maximum absolute atomic E-state index is 12.3. The van der Waals surface area contributed by atoms with Crippen LogP contribution in [0.4, 0.5) is 18.9 Å². The maximum Gasteiger partial charge on any atom is 0.408 e. The predicted molar refractivity (Wildman–Crippen MR) is 79.5 cm³/mol. The van der Waals surface area contributed by atoms with Crippen molar-refractivity contribution in [3.8, 4) is 0 Å². The molecule has 0 bridgehead atoms. The zero-order chi connectivity index (χ0) is 16.6. The fraction of sp³-hybridized carbons (Fsp3) is 0.143. The highest BCUT2D eigenvalue weighted by atomic mass is 35.5. The average molecular weight is 343 g/mol. The highest BCUT2D eigenvalue weighted by molar-refractivity contribution is 6.31. The number of nitrogens with one attached hydrogen (secondary N) is 2. The summed E-state index contributed by atoms with van der Waals surface area (Å²) in [5, 5.41) is 7.37. The van der Waals surface area contributed by atoms with Crippen molar-refractivity contribution in [2.24, 2.45) is 0 Å². The molecule has 0 aliphatic carbocycles. The van der Waals surface area contributed by atoms with Gasteiger partial charge in [-0.25, -0.2) is 0 Å². The van der Waals surface area contributed by atoms with E-state index in [-0.39, 0.29) is 11.4 Å². The number of halogens is 4. The van der Waals surface area contributed by atoms with Crippen molar-refractivity contribution in [1.29, 1.82) is 0 Å². The Labute approximate surface area is 133 Å². The molecule has 120 valence electrons. The van der Waals surface area contributed by atoms with Crippen LogP contribution in [0, 0.1) is 0 Å². The van der Waals surface area contributed by atoms with Gasteiger partial charge in [-0.1, -0.05) is 17.7 Å². The Kier molecular flexibility index (Phi) is 3.77. The Morgan fingerprint density at radius 2 is 2.13 bits per heavy atom. The molecule has 0 fully saturated rings. The molecule has 0 radical (unpaired) electrons. The van der Waals surface area contributed by atoms with Gasteiger partial charge >= 0.3 is 6.18 Å². The number of alkyl halides is 3. The van der Waals surface area contributed by atoms with Gasteiger partial charge < -0.3 is 10.3 Å². The zero-order valence-corrected chi connectivity index (χ0v) is 12.2. The van der Waals surface area contributed by atoms with Crippen LogP contribution in [-0.2, 0) is 6.54 Å². The van der Waals surface area contributed by atoms with Gasteiger partial charge in [0.1, 0.15) is 12.2 Å². The quantitative estimate of drug-likeness (QED) is 0.759. The predicted octanol–water partition coefficient (Wildman–Crippen LogP) is 3.83. The monoisotopic (exact) mass is 342 g/mol. The van der Waals surface area contributed by atoms with Crippen LogP contribution >= 0.6 is 11.6 Å². The third-order valence-electron chi connectivity index (χ3n) is 3.06. The molecule has 0 unspecified atom stereocenters. The van der Waals surface area contributed by atoms with Crippen LogP contribution in [-0.4, -0.2) is 26.8 Å². The van der Waals surface area contributed by atoms with Crippen LogP contribution in [0.25, 0.3) is 10.9 Å². The van der Waals surface area contributed by atoms with E-state index in [9.17, 15) is 18.0 Å². The van der Waals surface area contributed by atoms with Crippen molar-refractivity contribution in [3.05, 3.63) is 47.4 Å². The summed E-state index contributed by atoms with van der Waals surface area (Å²) >= 11 is 5.87. The summed E-state index contributed by atoms with van der Waals surface area (Å²) in [6.07, 6.45) is -2.10. The standard InChI is InChI=1S/C14H10ClF3N4O/c15-9-2-1-8-3-12(21-11(8)4-9)13(23)20-10-5-19-22(6-10)7-14(16,17)18/h1-6,21H,7H2,(H,20,23). The number of fused-ring (bicyclic) bond motifs is 1. The molecule has 2 aromatic heterocycles. The van der Waals surface area contributed by atoms with Crippen molar-refractivity contribution in [1.82, 2.24) is 14.8 Å². The van der Waals surface area contributed by atoms with E-state index < -0.39 is 18.6 Å². The molecule has 1 amide bonds. The third kappa shape index (κ3) is 3.65. The average Bonchev–Trinajstić information content (AvgIpc) is 3.03. The minimum Gasteiger partial charge on any atom is -0.350 e. The molecule has 0 spiro atoms. The summed E-state index contributed by atoms with van der Waals surface area (Å²) < 4.78 is 37.5. The van der Waals surface area contributed by atoms with E-state index in [2.05, 4.69) is 15.4 Å². The fourth-order valence-corrected chi connectivity index (χ4v) is 2.29. The molecule has 3 aromatic rings. The van der Waals surface area contributed by atoms with Crippen LogP contribution in [0.3, 0.4) is 0 Å². The number of aromatic nitrogens is 3. The lowest BCUT2D eigenvalue weighted by Gasteiger charge is -2.05. The normalized spacial score (nSPS) is 11.8. The number of aromatic amines is 1. The first kappa shape index (κ1) is 15.4. The van der Waals surface area contributed by atoms with E-state index in [1.54, 1.807) is 24.3 Å². The second kappa shape index (κ2) is 5.62. The van der Waals surface area contributed by atoms with E-state index in [4.69, 9.17) is 11.6 Å². The molecule has 3 rings (SSSR count). The highest BCUT2D eigenvalue weighted by Gasteiger charge is 2.28. The molecule has 23 heavy (non-hydrogen) atoms. The molecule has 0 saturated carbocycles. The summed E-state index contributed by atoms with van der Waals surface area (Å²) in [4.78, 5) is 15.0. The second-order valence-electron chi connectivity index (χ2n) is 4.91. The van der Waals surface area contributed by atoms with Crippen LogP contribution < -0.4 is 5.32 Å². The number of hydrogen-bond acceptors (Lipinski definition) is 2. The number of nitrogens with zero attached hydrogens (tertiary/aromatic N) is 2. The highest BCUT2D eigenvalue weighted by Crippen LogP contribution is 2.21. The topological polar surface area (TPSA) is 62.7 Å². The van der Waals surface area contributed by atoms with Gasteiger partial charge in [0.25, 0.3) is 5.91 Å². The van der Waals surface area contributed by atoms with Crippen LogP contribution in [0.2, 0.25) is 5.02 Å². The summed E-state index contributed by atoms with van der Waals surface area (Å²) in [5.41, 5.74) is 1.14. The number of benzene rings is 1. The summed E-state index contributed by atoms with van der Waals surface area (Å²) in [7, 11) is 0. The lowest BCUT2D eigenvalue weighted by Crippen LogP contribution is -2.18. The molecule has 9 heteroatoms. The van der Waals surface area contributed by atoms with E-state index >= 15 is 0 Å². The molecule has 2 N–H and O–H groups in total. The van der Waals surface area contributed by atoms with Gasteiger partial charge in [0.05, 0.1) is 11.9 Å². The van der Waals surface area contributed by atoms with Gasteiger partial charge in [-0.15, -0.1) is 0 Å². The van der Waals surface area contributed by atoms with Gasteiger partial charge in [-0.05, 0) is 18.2 Å². The SMILES string of the molecule is O=C(Nc1cnn(CC(F)(F)F)c1)c1cc2ccc(Cl)cc2[nH]1. The summed E-state index contributed by atoms with van der Waals surface area (Å²) in [6, 6.07) is 6.75. The number of carbonyl (C=O) groups excluding carboxylic acids is 1. The number of rotatable bonds is 3. The van der Waals surface area contributed by atoms with E-state index in [1.165, 1.54) is 0 Å². The van der Waals surface area contributed by atoms with Gasteiger partial charge in [-0.3, -0.25) is 9.48 Å². The lowest BCUT2D eigenvalue weighted by atomic mass is 10.2. The van der Waals surface area contributed by atoms with Gasteiger partial charge in [-0.2, -0.15) is 18.3 Å². The van der Waals surface area contributed by atoms with E-state index in [0.717, 1.165) is 17.8 Å². The molecule has 0 aliphatic rings. The van der Waals surface area contributed by atoms with Crippen molar-refractivity contribution >= 4 is 34.1 Å². The number of H-pyrrole nitrogens is 1. The molecule has 2 heterocycles. The summed E-state index contributed by atoms with van der Waals surface area (Å²) in [6.45, 7) is -1.21. The van der Waals surface area contributed by atoms with Gasteiger partial charge in [0.2, 0.25) is 0 Å². The number of anilines is 1. The molecule has 0 saturated heterocycles. The Balaban J connectivity index is 1.75. The first-order chi connectivity index (χ1) is 10.8. The molecule has 1 aromatic carbocycles. The smallest absolute Gasteiger partial charge is 0.350 e. The van der Waals surface area contributed by atoms with Crippen molar-refractivity contribution in [2.45, 2.75) is 12.7 Å². The number of carbonyl (C=O) groups is 1. The lowest BCUT2D eigenvalue weighted by molar-refractivity contribution is -0.142. The molecular formula is C14H10ClF3N4O. The first-order valence-corrected chi connectivity index (χ1v) is 6.87. The minimum absolute atomic E-state index is 0.177. The van der Waals surface area contributed by atoms with Crippen molar-refractivity contribution in [3.63, 3.8) is 0 Å². The molecular weight excluding hydrogens is 333 g/mol. The fourth-order valence-electron chi connectivity index (χ4n) is 2.12. The largest absolute Gasteiger partial charge is 0.408 e. The van der Waals surface area contributed by atoms with E-state index in [0.29, 0.717) is 15.2 Å². The Bertz CT molecular complexity index is 868. The van der Waals surface area contributed by atoms with Crippen LogP contribution in [0.5, 0.6) is 0 Å². The number of hydrogen-bond donors (Lipinski definition) is 2. The second-order valence-corrected chi connectivity index (χ2v) is 5.35. The Hall–Kier alpha value is -2.48. The van der Waals surface area contributed by atoms with E-state index in [1.807, 2.05) is 0 Å². The van der Waals surface area contributed by atoms with Gasteiger partial charge in [0, 0.05) is 22.1 Å². The Morgan fingerprint density at radius 1 is 1.35 bits per heavy atom. The van der Waals surface area contributed by atoms with Crippen molar-refractivity contribution < 1.29 is 18.0 Å². The minimum atomic E-state index is -4.37. The summed E-state index contributed by atoms with van der Waals surface area (Å²) in [5.74, 6) is -0.483. The maximum atomic E-state index is 12.3. The van der Waals surface area contributed by atoms with Crippen LogP contribution in [0.15, 0.2) is 36.7 Å². The van der Waals surface area contributed by atoms with Crippen molar-refractivity contribution in [2.75, 3.05) is 5.32 Å². The molecule has 0 atom stereocenters. The van der Waals surface area contributed by atoms with Crippen LogP contribution in [0.1, 0.15) is 10.5 Å². The third-order valence-corrected chi connectivity index (χ3v) is 3.30. The molecule has 5 nitrogen and oxygen atoms in total.